The summed E-state index contributed by atoms with van der Waals surface area (Å²) in [7, 11) is -1.58. The molecule has 1 aliphatic rings. The third-order valence-corrected chi connectivity index (χ3v) is 6.55. The predicted octanol–water partition coefficient (Wildman–Crippen LogP) is 3.17. The topological polar surface area (TPSA) is 111 Å². The van der Waals surface area contributed by atoms with Gasteiger partial charge in [-0.3, -0.25) is 4.79 Å². The second-order valence-corrected chi connectivity index (χ2v) is 9.04. The fourth-order valence-electron chi connectivity index (χ4n) is 3.42. The first-order chi connectivity index (χ1) is 13.1. The summed E-state index contributed by atoms with van der Waals surface area (Å²) in [4.78, 5) is 13.2. The van der Waals surface area contributed by atoms with E-state index in [4.69, 9.17) is 10.0 Å². The zero-order valence-corrected chi connectivity index (χ0v) is 16.7. The Bertz CT molecular complexity index is 1080. The molecular weight excluding hydrogens is 381 g/mol. The highest BCUT2D eigenvalue weighted by Crippen LogP contribution is 2.29. The van der Waals surface area contributed by atoms with E-state index >= 15 is 0 Å². The van der Waals surface area contributed by atoms with Crippen LogP contribution in [-0.2, 0) is 23.4 Å². The second-order valence-electron chi connectivity index (χ2n) is 7.26. The van der Waals surface area contributed by atoms with Crippen molar-refractivity contribution in [1.82, 2.24) is 9.29 Å². The Hall–Kier alpha value is -2.70. The minimum Gasteiger partial charge on any atom is -0.345 e. The van der Waals surface area contributed by atoms with Crippen LogP contribution >= 0.6 is 0 Å². The molecule has 3 N–H and O–H groups in total. The average Bonchev–Trinajstić information content (AvgIpc) is 2.90. The molecule has 1 unspecified atom stereocenters. The number of rotatable bonds is 3. The van der Waals surface area contributed by atoms with Crippen molar-refractivity contribution >= 4 is 21.5 Å². The van der Waals surface area contributed by atoms with E-state index in [2.05, 4.69) is 10.0 Å². The third-order valence-electron chi connectivity index (χ3n) is 4.94. The van der Waals surface area contributed by atoms with Crippen molar-refractivity contribution in [3.05, 3.63) is 47.0 Å². The van der Waals surface area contributed by atoms with Crippen molar-refractivity contribution in [2.45, 2.75) is 37.6 Å². The lowest BCUT2D eigenvalue weighted by atomic mass is 9.97. The molecule has 0 fully saturated rings. The highest BCUT2D eigenvalue weighted by atomic mass is 32.2. The summed E-state index contributed by atoms with van der Waals surface area (Å²) in [6.07, 6.45) is 2.72. The SMILES string of the molecule is CC(C)[C@H]1CCc2c(cn(C)c2C(=O)Nc2ccc(F)c(C#N)c2)S(=N)(=O)N1. The smallest absolute Gasteiger partial charge is 0.272 e. The zero-order chi connectivity index (χ0) is 20.6. The number of fused-ring (bicyclic) bond motifs is 1. The maximum atomic E-state index is 13.5. The lowest BCUT2D eigenvalue weighted by Crippen LogP contribution is -2.36. The number of carbonyl (C=O) groups excluding carboxylic acids is 1. The monoisotopic (exact) mass is 403 g/mol. The molecule has 0 spiro atoms. The molecule has 1 aromatic heterocycles. The summed E-state index contributed by atoms with van der Waals surface area (Å²) in [5.74, 6) is -0.921. The molecule has 3 rings (SSSR count). The number of halogens is 1. The molecule has 2 aromatic rings. The molecule has 0 saturated heterocycles. The van der Waals surface area contributed by atoms with Crippen LogP contribution in [0.25, 0.3) is 0 Å². The van der Waals surface area contributed by atoms with Gasteiger partial charge in [0.05, 0.1) is 10.5 Å². The van der Waals surface area contributed by atoms with Crippen molar-refractivity contribution in [3.63, 3.8) is 0 Å². The van der Waals surface area contributed by atoms with Gasteiger partial charge in [-0.25, -0.2) is 18.1 Å². The normalized spacial score (nSPS) is 21.6. The van der Waals surface area contributed by atoms with Gasteiger partial charge in [0.25, 0.3) is 5.91 Å². The summed E-state index contributed by atoms with van der Waals surface area (Å²) < 4.78 is 39.3. The van der Waals surface area contributed by atoms with Crippen molar-refractivity contribution in [1.29, 1.82) is 10.0 Å². The summed E-state index contributed by atoms with van der Waals surface area (Å²) in [6.45, 7) is 4.00. The molecule has 0 bridgehead atoms. The second kappa shape index (κ2) is 7.37. The van der Waals surface area contributed by atoms with Gasteiger partial charge in [0, 0.05) is 30.5 Å². The Kier molecular flexibility index (Phi) is 5.28. The molecule has 0 saturated carbocycles. The minimum absolute atomic E-state index is 0.0890. The van der Waals surface area contributed by atoms with Gasteiger partial charge in [0.1, 0.15) is 27.5 Å². The van der Waals surface area contributed by atoms with E-state index in [1.807, 2.05) is 13.8 Å². The Morgan fingerprint density at radius 2 is 2.21 bits per heavy atom. The summed E-state index contributed by atoms with van der Waals surface area (Å²) in [6, 6.07) is 5.40. The van der Waals surface area contributed by atoms with E-state index < -0.39 is 21.6 Å². The molecule has 2 heterocycles. The van der Waals surface area contributed by atoms with E-state index in [1.165, 1.54) is 12.1 Å². The first-order valence-corrected chi connectivity index (χ1v) is 10.4. The quantitative estimate of drug-likeness (QED) is 0.732. The molecule has 1 aliphatic heterocycles. The number of aromatic nitrogens is 1. The summed E-state index contributed by atoms with van der Waals surface area (Å²) in [5, 5.41) is 11.6. The van der Waals surface area contributed by atoms with Crippen LogP contribution in [0.15, 0.2) is 29.3 Å². The predicted molar refractivity (Wildman–Crippen MR) is 104 cm³/mol. The van der Waals surface area contributed by atoms with Crippen LogP contribution < -0.4 is 10.0 Å². The van der Waals surface area contributed by atoms with Gasteiger partial charge in [-0.05, 0) is 37.0 Å². The van der Waals surface area contributed by atoms with Gasteiger partial charge < -0.3 is 9.88 Å². The molecule has 2 atom stereocenters. The number of nitrogens with one attached hydrogen (secondary N) is 3. The molecule has 0 aliphatic carbocycles. The lowest BCUT2D eigenvalue weighted by molar-refractivity contribution is 0.101. The number of nitriles is 1. The number of hydrogen-bond acceptors (Lipinski definition) is 4. The van der Waals surface area contributed by atoms with Crippen molar-refractivity contribution < 1.29 is 13.4 Å². The molecule has 1 amide bonds. The van der Waals surface area contributed by atoms with E-state index in [9.17, 15) is 13.4 Å². The fraction of sp³-hybridized carbons (Fsp3) is 0.368. The maximum absolute atomic E-state index is 13.5. The number of amides is 1. The van der Waals surface area contributed by atoms with Crippen LogP contribution in [0.3, 0.4) is 0 Å². The van der Waals surface area contributed by atoms with Gasteiger partial charge in [-0.1, -0.05) is 13.8 Å². The van der Waals surface area contributed by atoms with Crippen LogP contribution in [0.5, 0.6) is 0 Å². The minimum atomic E-state index is -3.24. The maximum Gasteiger partial charge on any atom is 0.272 e. The largest absolute Gasteiger partial charge is 0.345 e. The third kappa shape index (κ3) is 3.66. The molecule has 7 nitrogen and oxygen atoms in total. The fourth-order valence-corrected chi connectivity index (χ4v) is 5.21. The summed E-state index contributed by atoms with van der Waals surface area (Å²) in [5.41, 5.74) is 1.01. The Balaban J connectivity index is 1.98. The van der Waals surface area contributed by atoms with Crippen LogP contribution in [0.1, 0.15) is 41.9 Å². The number of nitrogens with zero attached hydrogens (tertiary/aromatic N) is 2. The number of benzene rings is 1. The Morgan fingerprint density at radius 3 is 2.86 bits per heavy atom. The highest BCUT2D eigenvalue weighted by molar-refractivity contribution is 7.90. The van der Waals surface area contributed by atoms with Gasteiger partial charge in [-0.2, -0.15) is 5.26 Å². The van der Waals surface area contributed by atoms with Crippen LogP contribution in [0.4, 0.5) is 10.1 Å². The number of anilines is 1. The van der Waals surface area contributed by atoms with Crippen LogP contribution in [-0.4, -0.2) is 20.7 Å². The number of aryl methyl sites for hydroxylation is 1. The number of carbonyl (C=O) groups is 1. The van der Waals surface area contributed by atoms with Crippen LogP contribution in [0.2, 0.25) is 0 Å². The average molecular weight is 403 g/mol. The summed E-state index contributed by atoms with van der Waals surface area (Å²) >= 11 is 0. The zero-order valence-electron chi connectivity index (χ0n) is 15.9. The van der Waals surface area contributed by atoms with E-state index in [0.29, 0.717) is 29.0 Å². The van der Waals surface area contributed by atoms with Gasteiger partial charge in [0.15, 0.2) is 0 Å². The Morgan fingerprint density at radius 1 is 1.50 bits per heavy atom. The van der Waals surface area contributed by atoms with E-state index in [-0.39, 0.29) is 23.2 Å². The molecule has 28 heavy (non-hydrogen) atoms. The van der Waals surface area contributed by atoms with Crippen LogP contribution in [0, 0.1) is 27.8 Å². The number of hydrogen-bond donors (Lipinski definition) is 3. The van der Waals surface area contributed by atoms with Gasteiger partial charge >= 0.3 is 0 Å². The van der Waals surface area contributed by atoms with Crippen molar-refractivity contribution in [3.8, 4) is 6.07 Å². The first kappa shape index (κ1) is 20.0. The van der Waals surface area contributed by atoms with Gasteiger partial charge in [-0.15, -0.1) is 0 Å². The lowest BCUT2D eigenvalue weighted by Gasteiger charge is -2.20. The highest BCUT2D eigenvalue weighted by Gasteiger charge is 2.31. The molecule has 9 heteroatoms. The standard InChI is InChI=1S/C19H22FN5O2S/c1-11(2)16-7-5-14-17(28(22,27)24-16)10-25(3)18(14)19(26)23-13-4-6-15(20)12(8-13)9-21/h4,6,8,10-11,16H,5,7H2,1-3H3,(H,23,26)(H2,22,24,27)/t16-,28?/m1/s1. The van der Waals surface area contributed by atoms with Gasteiger partial charge in [0.2, 0.25) is 0 Å². The Labute approximate surface area is 163 Å². The first-order valence-electron chi connectivity index (χ1n) is 8.89. The molecule has 0 radical (unpaired) electrons. The molecule has 1 aromatic carbocycles. The van der Waals surface area contributed by atoms with E-state index in [1.54, 1.807) is 23.9 Å². The van der Waals surface area contributed by atoms with Crippen molar-refractivity contribution in [2.24, 2.45) is 13.0 Å². The van der Waals surface area contributed by atoms with E-state index in [0.717, 1.165) is 6.07 Å². The molecule has 148 valence electrons. The molecular formula is C19H22FN5O2S. The van der Waals surface area contributed by atoms with Crippen molar-refractivity contribution in [2.75, 3.05) is 5.32 Å².